The van der Waals surface area contributed by atoms with Crippen LogP contribution in [0.2, 0.25) is 0 Å². The number of nitriles is 1. The average molecular weight is 505 g/mol. The van der Waals surface area contributed by atoms with Crippen molar-refractivity contribution in [1.82, 2.24) is 14.3 Å². The van der Waals surface area contributed by atoms with Crippen LogP contribution in [0.1, 0.15) is 57.2 Å². The van der Waals surface area contributed by atoms with Crippen LogP contribution in [0.5, 0.6) is 0 Å². The molecule has 1 N–H and O–H groups in total. The molecule has 0 amide bonds. The van der Waals surface area contributed by atoms with Gasteiger partial charge in [-0.15, -0.1) is 0 Å². The molecule has 1 aliphatic carbocycles. The predicted octanol–water partition coefficient (Wildman–Crippen LogP) is 5.70. The van der Waals surface area contributed by atoms with Crippen molar-refractivity contribution >= 4 is 21.1 Å². The zero-order chi connectivity index (χ0) is 25.6. The Balaban J connectivity index is 1.89. The van der Waals surface area contributed by atoms with Gasteiger partial charge in [0.05, 0.1) is 22.6 Å². The van der Waals surface area contributed by atoms with Crippen molar-refractivity contribution in [2.75, 3.05) is 0 Å². The van der Waals surface area contributed by atoms with Crippen LogP contribution in [0.4, 0.5) is 13.2 Å². The van der Waals surface area contributed by atoms with Crippen molar-refractivity contribution in [2.24, 2.45) is 5.41 Å². The van der Waals surface area contributed by atoms with Gasteiger partial charge in [0, 0.05) is 29.3 Å². The van der Waals surface area contributed by atoms with E-state index in [1.54, 1.807) is 34.9 Å². The number of halogens is 3. The van der Waals surface area contributed by atoms with Gasteiger partial charge < -0.3 is 4.57 Å². The highest BCUT2D eigenvalue weighted by atomic mass is 32.2. The lowest BCUT2D eigenvalue weighted by molar-refractivity contribution is -0.152. The van der Waals surface area contributed by atoms with E-state index >= 15 is 0 Å². The van der Waals surface area contributed by atoms with Gasteiger partial charge in [-0.25, -0.2) is 13.4 Å². The second-order valence-electron chi connectivity index (χ2n) is 10.2. The van der Waals surface area contributed by atoms with Gasteiger partial charge in [-0.2, -0.15) is 23.2 Å². The molecule has 0 radical (unpaired) electrons. The van der Waals surface area contributed by atoms with Gasteiger partial charge in [-0.05, 0) is 36.5 Å². The number of aromatic nitrogens is 2. The Morgan fingerprint density at radius 3 is 2.43 bits per heavy atom. The van der Waals surface area contributed by atoms with Crippen molar-refractivity contribution in [3.8, 4) is 17.3 Å². The molecule has 0 aliphatic heterocycles. The summed E-state index contributed by atoms with van der Waals surface area (Å²) in [6.45, 7) is 6.22. The van der Waals surface area contributed by atoms with Crippen LogP contribution in [0.25, 0.3) is 22.3 Å². The summed E-state index contributed by atoms with van der Waals surface area (Å²) in [5.41, 5.74) is 1.25. The van der Waals surface area contributed by atoms with Crippen molar-refractivity contribution < 1.29 is 21.6 Å². The van der Waals surface area contributed by atoms with E-state index < -0.39 is 27.5 Å². The van der Waals surface area contributed by atoms with Gasteiger partial charge in [0.25, 0.3) is 0 Å². The fraction of sp³-hybridized carbons (Fsp3) is 0.440. The highest BCUT2D eigenvalue weighted by molar-refractivity contribution is 7.90. The van der Waals surface area contributed by atoms with E-state index in [9.17, 15) is 26.9 Å². The van der Waals surface area contributed by atoms with Crippen LogP contribution >= 0.6 is 0 Å². The predicted molar refractivity (Wildman–Crippen MR) is 128 cm³/mol. The van der Waals surface area contributed by atoms with E-state index in [0.29, 0.717) is 48.3 Å². The number of fused-ring (bicyclic) bond motifs is 1. The van der Waals surface area contributed by atoms with Crippen LogP contribution in [0.15, 0.2) is 42.6 Å². The zero-order valence-corrected chi connectivity index (χ0v) is 20.5. The average Bonchev–Trinajstić information content (AvgIpc) is 3.05. The molecule has 1 fully saturated rings. The van der Waals surface area contributed by atoms with E-state index in [0.717, 1.165) is 0 Å². The third-order valence-corrected chi connectivity index (χ3v) is 8.05. The Bertz CT molecular complexity index is 1390. The number of pyridine rings is 1. The number of rotatable bonds is 6. The Kier molecular flexibility index (Phi) is 6.45. The van der Waals surface area contributed by atoms with Crippen molar-refractivity contribution in [3.05, 3.63) is 53.7 Å². The molecule has 1 aromatic carbocycles. The lowest BCUT2D eigenvalue weighted by Crippen LogP contribution is -2.44. The summed E-state index contributed by atoms with van der Waals surface area (Å²) < 4.78 is 71.6. The maximum Gasteiger partial charge on any atom is 0.408 e. The summed E-state index contributed by atoms with van der Waals surface area (Å²) in [4.78, 5) is 4.65. The summed E-state index contributed by atoms with van der Waals surface area (Å²) in [5.74, 6) is 0. The molecule has 35 heavy (non-hydrogen) atoms. The molecule has 0 spiro atoms. The molecule has 1 saturated carbocycles. The maximum absolute atomic E-state index is 14.2. The monoisotopic (exact) mass is 504 g/mol. The number of hydrogen-bond acceptors (Lipinski definition) is 4. The molecule has 0 unspecified atom stereocenters. The van der Waals surface area contributed by atoms with Crippen LogP contribution in [0.3, 0.4) is 0 Å². The van der Waals surface area contributed by atoms with Gasteiger partial charge in [-0.3, -0.25) is 0 Å². The molecule has 4 rings (SSSR count). The highest BCUT2D eigenvalue weighted by Gasteiger charge is 2.46. The van der Waals surface area contributed by atoms with E-state index in [2.05, 4.69) is 11.1 Å². The van der Waals surface area contributed by atoms with Crippen LogP contribution in [-0.4, -0.2) is 29.4 Å². The van der Waals surface area contributed by atoms with Gasteiger partial charge in [0.15, 0.2) is 0 Å². The Labute approximate surface area is 202 Å². The molecule has 0 bridgehead atoms. The van der Waals surface area contributed by atoms with Crippen molar-refractivity contribution in [2.45, 2.75) is 64.0 Å². The van der Waals surface area contributed by atoms with Crippen LogP contribution in [-0.2, 0) is 16.6 Å². The second-order valence-corrected chi connectivity index (χ2v) is 12.2. The molecule has 1 atom stereocenters. The third-order valence-electron chi connectivity index (χ3n) is 6.13. The lowest BCUT2D eigenvalue weighted by atomic mass is 9.97. The van der Waals surface area contributed by atoms with E-state index in [1.165, 1.54) is 12.3 Å². The standard InChI is InChI=1S/C25H27F3N4O2S/c1-24(2,3)15-32-14-20(22(25(26,27)28)31-35(33,34)17-8-6-9-17)19-11-12-21(30-23(19)32)18-10-5-4-7-16(18)13-29/h4-5,7,10-12,14,17,22,31H,6,8-9,15H2,1-3H3/t22-/m0/s1. The Hall–Kier alpha value is -2.90. The van der Waals surface area contributed by atoms with E-state index in [1.807, 2.05) is 25.5 Å². The first kappa shape index (κ1) is 25.2. The third kappa shape index (κ3) is 5.21. The topological polar surface area (TPSA) is 87.8 Å². The number of nitrogens with zero attached hydrogens (tertiary/aromatic N) is 3. The second kappa shape index (κ2) is 8.95. The molecular formula is C25H27F3N4O2S. The summed E-state index contributed by atoms with van der Waals surface area (Å²) in [7, 11) is -4.14. The maximum atomic E-state index is 14.2. The van der Waals surface area contributed by atoms with E-state index in [-0.39, 0.29) is 16.4 Å². The van der Waals surface area contributed by atoms with E-state index in [4.69, 9.17) is 0 Å². The first-order valence-corrected chi connectivity index (χ1v) is 12.9. The first-order chi connectivity index (χ1) is 16.3. The number of benzene rings is 1. The Morgan fingerprint density at radius 1 is 1.17 bits per heavy atom. The summed E-state index contributed by atoms with van der Waals surface area (Å²) in [5, 5.41) is 8.88. The number of nitrogens with one attached hydrogen (secondary N) is 1. The molecule has 6 nitrogen and oxygen atoms in total. The fourth-order valence-electron chi connectivity index (χ4n) is 4.26. The quantitative estimate of drug-likeness (QED) is 0.467. The number of alkyl halides is 3. The summed E-state index contributed by atoms with van der Waals surface area (Å²) in [6, 6.07) is 9.68. The minimum absolute atomic E-state index is 0.188. The fourth-order valence-corrected chi connectivity index (χ4v) is 5.99. The molecule has 2 aromatic heterocycles. The lowest BCUT2D eigenvalue weighted by Gasteiger charge is -2.29. The SMILES string of the molecule is CC(C)(C)Cn1cc([C@H](NS(=O)(=O)C2CCC2)C(F)(F)F)c2ccc(-c3ccccc3C#N)nc21. The van der Waals surface area contributed by atoms with Gasteiger partial charge in [0.1, 0.15) is 11.7 Å². The highest BCUT2D eigenvalue weighted by Crippen LogP contribution is 2.40. The molecule has 2 heterocycles. The van der Waals surface area contributed by atoms with Crippen molar-refractivity contribution in [1.29, 1.82) is 5.26 Å². The summed E-state index contributed by atoms with van der Waals surface area (Å²) in [6.07, 6.45) is -2.10. The molecule has 3 aromatic rings. The number of hydrogen-bond donors (Lipinski definition) is 1. The molecule has 1 aliphatic rings. The molecule has 186 valence electrons. The van der Waals surface area contributed by atoms with Gasteiger partial charge >= 0.3 is 6.18 Å². The van der Waals surface area contributed by atoms with Crippen molar-refractivity contribution in [3.63, 3.8) is 0 Å². The van der Waals surface area contributed by atoms with Gasteiger partial charge in [0.2, 0.25) is 10.0 Å². The molecular weight excluding hydrogens is 477 g/mol. The largest absolute Gasteiger partial charge is 0.408 e. The normalized spacial score (nSPS) is 16.1. The Morgan fingerprint density at radius 2 is 1.86 bits per heavy atom. The molecule has 10 heteroatoms. The van der Waals surface area contributed by atoms with Crippen LogP contribution < -0.4 is 4.72 Å². The van der Waals surface area contributed by atoms with Crippen LogP contribution in [0, 0.1) is 16.7 Å². The van der Waals surface area contributed by atoms with Gasteiger partial charge in [-0.1, -0.05) is 45.4 Å². The number of sulfonamides is 1. The minimum atomic E-state index is -4.84. The zero-order valence-electron chi connectivity index (χ0n) is 19.7. The first-order valence-electron chi connectivity index (χ1n) is 11.4. The molecule has 0 saturated heterocycles. The minimum Gasteiger partial charge on any atom is -0.332 e. The summed E-state index contributed by atoms with van der Waals surface area (Å²) >= 11 is 0. The smallest absolute Gasteiger partial charge is 0.332 e.